The van der Waals surface area contributed by atoms with Crippen molar-refractivity contribution in [3.63, 3.8) is 0 Å². The van der Waals surface area contributed by atoms with Gasteiger partial charge in [-0.2, -0.15) is 0 Å². The lowest BCUT2D eigenvalue weighted by Crippen LogP contribution is -1.99. The maximum atomic E-state index is 9.24. The summed E-state index contributed by atoms with van der Waals surface area (Å²) in [5.41, 5.74) is 4.70. The van der Waals surface area contributed by atoms with Crippen molar-refractivity contribution in [2.75, 3.05) is 0 Å². The van der Waals surface area contributed by atoms with Crippen molar-refractivity contribution in [2.45, 2.75) is 0 Å². The lowest BCUT2D eigenvalue weighted by atomic mass is 9.85. The highest BCUT2D eigenvalue weighted by atomic mass is 16.5. The molecule has 0 spiro atoms. The minimum Gasteiger partial charge on any atom is -0.539 e. The van der Waals surface area contributed by atoms with Gasteiger partial charge in [0.2, 0.25) is 0 Å². The van der Waals surface area contributed by atoms with Crippen LogP contribution in [0.25, 0.3) is 54.6 Å². The van der Waals surface area contributed by atoms with E-state index in [4.69, 9.17) is 4.65 Å². The molecule has 0 saturated carbocycles. The van der Waals surface area contributed by atoms with Gasteiger partial charge in [-0.25, -0.2) is 0 Å². The third kappa shape index (κ3) is 3.34. The third-order valence-corrected chi connectivity index (χ3v) is 6.32. The maximum absolute atomic E-state index is 9.24. The van der Waals surface area contributed by atoms with Gasteiger partial charge in [0, 0.05) is 0 Å². The molecule has 33 heavy (non-hydrogen) atoms. The van der Waals surface area contributed by atoms with Crippen LogP contribution in [-0.2, 0) is 0 Å². The van der Waals surface area contributed by atoms with E-state index < -0.39 is 0 Å². The Labute approximate surface area is 193 Å². The largest absolute Gasteiger partial charge is 0.539 e. The van der Waals surface area contributed by atoms with Gasteiger partial charge < -0.3 is 9.68 Å². The Morgan fingerprint density at radius 3 is 1.64 bits per heavy atom. The molecule has 3 heteroatoms. The number of fused-ring (bicyclic) bond motifs is 3. The molecule has 0 aromatic heterocycles. The topological polar surface area (TPSA) is 29.5 Å². The van der Waals surface area contributed by atoms with Crippen LogP contribution in [0.1, 0.15) is 0 Å². The van der Waals surface area contributed by atoms with Crippen molar-refractivity contribution >= 4 is 40.0 Å². The predicted octanol–water partition coefficient (Wildman–Crippen LogP) is 7.12. The summed E-state index contributed by atoms with van der Waals surface area (Å²) in [4.78, 5) is 0. The van der Waals surface area contributed by atoms with Crippen molar-refractivity contribution in [1.82, 2.24) is 0 Å². The van der Waals surface area contributed by atoms with Gasteiger partial charge in [-0.3, -0.25) is 0 Å². The molecule has 2 nitrogen and oxygen atoms in total. The minimum atomic E-state index is -0.341. The highest BCUT2D eigenvalue weighted by molar-refractivity contribution is 6.22. The molecular formula is C30H21BO2. The van der Waals surface area contributed by atoms with Gasteiger partial charge in [0.25, 0.3) is 0 Å². The van der Waals surface area contributed by atoms with Gasteiger partial charge in [0.05, 0.1) is 0 Å². The van der Waals surface area contributed by atoms with Gasteiger partial charge in [0.1, 0.15) is 5.75 Å². The van der Waals surface area contributed by atoms with Crippen molar-refractivity contribution in [2.24, 2.45) is 0 Å². The fourth-order valence-corrected chi connectivity index (χ4v) is 4.91. The van der Waals surface area contributed by atoms with Gasteiger partial charge in [-0.1, -0.05) is 97.1 Å². The summed E-state index contributed by atoms with van der Waals surface area (Å²) in [7, 11) is -0.341. The van der Waals surface area contributed by atoms with Crippen LogP contribution in [0.3, 0.4) is 0 Å². The summed E-state index contributed by atoms with van der Waals surface area (Å²) in [6.45, 7) is 0. The Hall–Kier alpha value is -4.08. The molecule has 0 heterocycles. The zero-order valence-electron chi connectivity index (χ0n) is 18.0. The monoisotopic (exact) mass is 424 g/mol. The molecule has 6 rings (SSSR count). The Balaban J connectivity index is 1.72. The Morgan fingerprint density at radius 2 is 1.03 bits per heavy atom. The Morgan fingerprint density at radius 1 is 0.485 bits per heavy atom. The van der Waals surface area contributed by atoms with E-state index in [1.54, 1.807) is 0 Å². The van der Waals surface area contributed by atoms with Crippen molar-refractivity contribution < 1.29 is 9.68 Å². The molecule has 0 atom stereocenters. The van der Waals surface area contributed by atoms with Gasteiger partial charge in [0.15, 0.2) is 0 Å². The second-order valence-corrected chi connectivity index (χ2v) is 8.20. The maximum Gasteiger partial charge on any atom is 0.504 e. The molecule has 1 N–H and O–H groups in total. The van der Waals surface area contributed by atoms with Gasteiger partial charge >= 0.3 is 7.69 Å². The highest BCUT2D eigenvalue weighted by Gasteiger charge is 2.16. The average molecular weight is 424 g/mol. The Kier molecular flexibility index (Phi) is 4.82. The lowest BCUT2D eigenvalue weighted by Gasteiger charge is -2.18. The number of rotatable bonds is 4. The SMILES string of the molecule is OBOc1cccc(-c2c3ccccc3c(-c3ccc4ccccc4c3)c3ccccc23)c1. The standard InChI is InChI=1S/C30H21BO2/c32-31-33-24-11-7-10-22(19-24)29-25-12-3-5-14-27(25)30(28-15-6-4-13-26(28)29)23-17-16-20-8-1-2-9-21(20)18-23/h1-19,31-32H. The molecule has 0 fully saturated rings. The zero-order valence-corrected chi connectivity index (χ0v) is 18.0. The second-order valence-electron chi connectivity index (χ2n) is 8.20. The van der Waals surface area contributed by atoms with Gasteiger partial charge in [-0.15, -0.1) is 0 Å². The molecule has 6 aromatic rings. The summed E-state index contributed by atoms with van der Waals surface area (Å²) in [5.74, 6) is 0.654. The molecule has 6 aromatic carbocycles. The van der Waals surface area contributed by atoms with E-state index in [9.17, 15) is 5.02 Å². The normalized spacial score (nSPS) is 11.2. The van der Waals surface area contributed by atoms with Crippen molar-refractivity contribution in [3.05, 3.63) is 115 Å². The molecular weight excluding hydrogens is 403 g/mol. The summed E-state index contributed by atoms with van der Waals surface area (Å²) in [5, 5.41) is 16.5. The first kappa shape index (κ1) is 19.6. The van der Waals surface area contributed by atoms with E-state index in [0.29, 0.717) is 5.75 Å². The van der Waals surface area contributed by atoms with Crippen LogP contribution < -0.4 is 4.65 Å². The minimum absolute atomic E-state index is 0.341. The van der Waals surface area contributed by atoms with E-state index >= 15 is 0 Å². The van der Waals surface area contributed by atoms with Crippen LogP contribution in [0.15, 0.2) is 115 Å². The summed E-state index contributed by atoms with van der Waals surface area (Å²) in [6.07, 6.45) is 0. The first-order valence-corrected chi connectivity index (χ1v) is 11.1. The zero-order chi connectivity index (χ0) is 22.2. The number of benzene rings is 6. The number of hydrogen-bond acceptors (Lipinski definition) is 2. The molecule has 0 saturated heterocycles. The molecule has 0 radical (unpaired) electrons. The summed E-state index contributed by atoms with van der Waals surface area (Å²) in [6, 6.07) is 40.4. The average Bonchev–Trinajstić information content (AvgIpc) is 2.87. The van der Waals surface area contributed by atoms with E-state index in [0.717, 1.165) is 5.56 Å². The third-order valence-electron chi connectivity index (χ3n) is 6.32. The molecule has 0 aliphatic heterocycles. The quantitative estimate of drug-likeness (QED) is 0.241. The predicted molar refractivity (Wildman–Crippen MR) is 140 cm³/mol. The van der Waals surface area contributed by atoms with E-state index in [-0.39, 0.29) is 7.69 Å². The molecule has 0 aliphatic rings. The fourth-order valence-electron chi connectivity index (χ4n) is 4.91. The van der Waals surface area contributed by atoms with Crippen LogP contribution in [-0.4, -0.2) is 12.7 Å². The summed E-state index contributed by atoms with van der Waals surface area (Å²) >= 11 is 0. The first-order valence-electron chi connectivity index (χ1n) is 11.1. The fraction of sp³-hybridized carbons (Fsp3) is 0. The van der Waals surface area contributed by atoms with Crippen LogP contribution in [0.4, 0.5) is 0 Å². The summed E-state index contributed by atoms with van der Waals surface area (Å²) < 4.78 is 5.38. The molecule has 0 aliphatic carbocycles. The van der Waals surface area contributed by atoms with E-state index in [1.165, 1.54) is 49.0 Å². The molecule has 0 amide bonds. The Bertz CT molecular complexity index is 1580. The molecule has 0 unspecified atom stereocenters. The van der Waals surface area contributed by atoms with Gasteiger partial charge in [-0.05, 0) is 72.8 Å². The van der Waals surface area contributed by atoms with Crippen molar-refractivity contribution in [1.29, 1.82) is 0 Å². The van der Waals surface area contributed by atoms with Crippen LogP contribution >= 0.6 is 0 Å². The number of hydrogen-bond donors (Lipinski definition) is 1. The van der Waals surface area contributed by atoms with Crippen molar-refractivity contribution in [3.8, 4) is 28.0 Å². The van der Waals surface area contributed by atoms with Crippen LogP contribution in [0.2, 0.25) is 0 Å². The van der Waals surface area contributed by atoms with Crippen LogP contribution in [0.5, 0.6) is 5.75 Å². The molecule has 156 valence electrons. The van der Waals surface area contributed by atoms with E-state index in [2.05, 4.69) is 97.1 Å². The highest BCUT2D eigenvalue weighted by Crippen LogP contribution is 2.44. The lowest BCUT2D eigenvalue weighted by molar-refractivity contribution is 0.454. The smallest absolute Gasteiger partial charge is 0.504 e. The second kappa shape index (κ2) is 8.12. The molecule has 0 bridgehead atoms. The first-order chi connectivity index (χ1) is 16.3. The van der Waals surface area contributed by atoms with E-state index in [1.807, 2.05) is 18.2 Å². The van der Waals surface area contributed by atoms with Crippen LogP contribution in [0, 0.1) is 0 Å².